The van der Waals surface area contributed by atoms with Gasteiger partial charge >= 0.3 is 0 Å². The van der Waals surface area contributed by atoms with E-state index in [4.69, 9.17) is 4.74 Å². The summed E-state index contributed by atoms with van der Waals surface area (Å²) in [6, 6.07) is 14.2. The van der Waals surface area contributed by atoms with Gasteiger partial charge in [-0.2, -0.15) is 0 Å². The Balaban J connectivity index is 1.86. The third-order valence-corrected chi connectivity index (χ3v) is 5.21. The van der Waals surface area contributed by atoms with Crippen LogP contribution in [0.2, 0.25) is 0 Å². The second kappa shape index (κ2) is 6.16. The average molecular weight is 346 g/mol. The van der Waals surface area contributed by atoms with Crippen molar-refractivity contribution in [2.75, 3.05) is 29.5 Å². The first-order valence-corrected chi connectivity index (χ1v) is 9.28. The van der Waals surface area contributed by atoms with E-state index in [1.54, 1.807) is 24.3 Å². The number of carbonyl (C=O) groups is 1. The molecule has 3 rings (SSSR count). The molecule has 0 saturated heterocycles. The zero-order valence-electron chi connectivity index (χ0n) is 13.4. The molecule has 0 unspecified atom stereocenters. The van der Waals surface area contributed by atoms with E-state index < -0.39 is 15.9 Å². The Morgan fingerprint density at radius 3 is 2.58 bits per heavy atom. The first-order chi connectivity index (χ1) is 11.4. The number of para-hydroxylation sites is 3. The van der Waals surface area contributed by atoms with Crippen LogP contribution in [0.4, 0.5) is 11.4 Å². The van der Waals surface area contributed by atoms with Crippen molar-refractivity contribution >= 4 is 27.3 Å². The highest BCUT2D eigenvalue weighted by atomic mass is 32.2. The molecule has 0 bridgehead atoms. The van der Waals surface area contributed by atoms with Gasteiger partial charge in [0.2, 0.25) is 15.9 Å². The molecule has 0 spiro atoms. The van der Waals surface area contributed by atoms with Crippen molar-refractivity contribution in [1.29, 1.82) is 0 Å². The highest BCUT2D eigenvalue weighted by Gasteiger charge is 2.30. The number of ether oxygens (including phenoxy) is 1. The molecule has 24 heavy (non-hydrogen) atoms. The highest BCUT2D eigenvalue weighted by Crippen LogP contribution is 2.35. The van der Waals surface area contributed by atoms with E-state index in [2.05, 4.69) is 5.32 Å². The molecule has 1 amide bonds. The van der Waals surface area contributed by atoms with Gasteiger partial charge in [0.1, 0.15) is 18.3 Å². The summed E-state index contributed by atoms with van der Waals surface area (Å²) >= 11 is 0. The van der Waals surface area contributed by atoms with Crippen molar-refractivity contribution < 1.29 is 17.9 Å². The van der Waals surface area contributed by atoms with Crippen LogP contribution in [-0.4, -0.2) is 34.2 Å². The van der Waals surface area contributed by atoms with Gasteiger partial charge in [-0.25, -0.2) is 8.42 Å². The van der Waals surface area contributed by atoms with Crippen molar-refractivity contribution in [2.45, 2.75) is 5.92 Å². The molecule has 7 heteroatoms. The maximum atomic E-state index is 12.6. The quantitative estimate of drug-likeness (QED) is 0.921. The molecule has 126 valence electrons. The van der Waals surface area contributed by atoms with Crippen LogP contribution in [0.15, 0.2) is 48.5 Å². The Labute approximate surface area is 141 Å². The van der Waals surface area contributed by atoms with E-state index >= 15 is 0 Å². The molecular formula is C17H18N2O4S. The number of nitrogens with one attached hydrogen (secondary N) is 1. The van der Waals surface area contributed by atoms with Gasteiger partial charge in [-0.05, 0) is 18.2 Å². The number of hydrogen-bond donors (Lipinski definition) is 1. The Morgan fingerprint density at radius 1 is 1.17 bits per heavy atom. The third-order valence-electron chi connectivity index (χ3n) is 4.02. The minimum atomic E-state index is -3.42. The number of benzene rings is 2. The second-order valence-electron chi connectivity index (χ2n) is 5.64. The van der Waals surface area contributed by atoms with Crippen molar-refractivity contribution in [2.24, 2.45) is 0 Å². The van der Waals surface area contributed by atoms with Crippen molar-refractivity contribution in [1.82, 2.24) is 0 Å². The molecule has 2 aromatic carbocycles. The maximum Gasteiger partial charge on any atom is 0.235 e. The molecule has 0 radical (unpaired) electrons. The summed E-state index contributed by atoms with van der Waals surface area (Å²) in [6.45, 7) is 0.273. The van der Waals surface area contributed by atoms with Crippen molar-refractivity contribution in [3.63, 3.8) is 0 Å². The molecule has 1 N–H and O–H groups in total. The van der Waals surface area contributed by atoms with E-state index in [0.717, 1.165) is 16.1 Å². The summed E-state index contributed by atoms with van der Waals surface area (Å²) in [5, 5.41) is 2.82. The third kappa shape index (κ3) is 3.07. The van der Waals surface area contributed by atoms with Gasteiger partial charge in [0.05, 0.1) is 17.6 Å². The van der Waals surface area contributed by atoms with E-state index in [-0.39, 0.29) is 12.5 Å². The smallest absolute Gasteiger partial charge is 0.235 e. The summed E-state index contributed by atoms with van der Waals surface area (Å²) in [7, 11) is -1.97. The van der Waals surface area contributed by atoms with Crippen LogP contribution in [0, 0.1) is 0 Å². The lowest BCUT2D eigenvalue weighted by Gasteiger charge is -2.21. The summed E-state index contributed by atoms with van der Waals surface area (Å²) < 4.78 is 30.2. The predicted molar refractivity (Wildman–Crippen MR) is 93.0 cm³/mol. The molecule has 1 atom stereocenters. The number of anilines is 2. The van der Waals surface area contributed by atoms with Gasteiger partial charge in [0.15, 0.2) is 0 Å². The number of nitrogens with zero attached hydrogens (tertiary/aromatic N) is 1. The summed E-state index contributed by atoms with van der Waals surface area (Å²) in [6.07, 6.45) is 1.12. The minimum Gasteiger partial charge on any atom is -0.492 e. The fourth-order valence-corrected chi connectivity index (χ4v) is 3.15. The van der Waals surface area contributed by atoms with E-state index in [1.807, 2.05) is 24.3 Å². The molecule has 1 heterocycles. The molecule has 6 nitrogen and oxygen atoms in total. The Bertz CT molecular complexity index is 880. The average Bonchev–Trinajstić information content (AvgIpc) is 2.98. The zero-order valence-corrected chi connectivity index (χ0v) is 14.2. The monoisotopic (exact) mass is 346 g/mol. The van der Waals surface area contributed by atoms with E-state index in [0.29, 0.717) is 17.1 Å². The van der Waals surface area contributed by atoms with Crippen LogP contribution >= 0.6 is 0 Å². The van der Waals surface area contributed by atoms with E-state index in [1.165, 1.54) is 7.05 Å². The first-order valence-electron chi connectivity index (χ1n) is 7.43. The Morgan fingerprint density at radius 2 is 1.83 bits per heavy atom. The van der Waals surface area contributed by atoms with Gasteiger partial charge in [-0.15, -0.1) is 0 Å². The molecule has 0 aliphatic carbocycles. The van der Waals surface area contributed by atoms with Gasteiger partial charge in [0.25, 0.3) is 0 Å². The Kier molecular flexibility index (Phi) is 4.19. The number of sulfonamides is 1. The number of hydrogen-bond acceptors (Lipinski definition) is 4. The summed E-state index contributed by atoms with van der Waals surface area (Å²) in [5.74, 6) is 0.0614. The number of rotatable bonds is 4. The fourth-order valence-electron chi connectivity index (χ4n) is 2.63. The second-order valence-corrected chi connectivity index (χ2v) is 7.65. The van der Waals surface area contributed by atoms with Crippen LogP contribution in [0.5, 0.6) is 5.75 Å². The van der Waals surface area contributed by atoms with E-state index in [9.17, 15) is 13.2 Å². The van der Waals surface area contributed by atoms with Crippen LogP contribution < -0.4 is 14.4 Å². The lowest BCUT2D eigenvalue weighted by Crippen LogP contribution is -2.28. The zero-order chi connectivity index (χ0) is 17.3. The normalized spacial score (nSPS) is 16.2. The highest BCUT2D eigenvalue weighted by molar-refractivity contribution is 7.92. The Hall–Kier alpha value is -2.54. The molecule has 0 fully saturated rings. The molecule has 0 aromatic heterocycles. The van der Waals surface area contributed by atoms with Gasteiger partial charge in [-0.1, -0.05) is 30.3 Å². The predicted octanol–water partition coefficient (Wildman–Crippen LogP) is 2.20. The van der Waals surface area contributed by atoms with Gasteiger partial charge in [0, 0.05) is 12.6 Å². The first kappa shape index (κ1) is 16.3. The molecule has 1 aliphatic heterocycles. The molecule has 0 saturated carbocycles. The number of amides is 1. The molecular weight excluding hydrogens is 328 g/mol. The van der Waals surface area contributed by atoms with Crippen molar-refractivity contribution in [3.8, 4) is 5.75 Å². The van der Waals surface area contributed by atoms with Gasteiger partial charge < -0.3 is 10.1 Å². The number of fused-ring (bicyclic) bond motifs is 1. The lowest BCUT2D eigenvalue weighted by molar-refractivity contribution is -0.117. The fraction of sp³-hybridized carbons (Fsp3) is 0.235. The van der Waals surface area contributed by atoms with Crippen LogP contribution in [0.25, 0.3) is 0 Å². The summed E-state index contributed by atoms with van der Waals surface area (Å²) in [4.78, 5) is 12.6. The SMILES string of the molecule is CN(c1ccccc1NC(=O)[C@@H]1COc2ccccc21)S(C)(=O)=O. The van der Waals surface area contributed by atoms with Crippen LogP contribution in [-0.2, 0) is 14.8 Å². The minimum absolute atomic E-state index is 0.227. The largest absolute Gasteiger partial charge is 0.492 e. The topological polar surface area (TPSA) is 75.7 Å². The van der Waals surface area contributed by atoms with Gasteiger partial charge in [-0.3, -0.25) is 9.10 Å². The lowest BCUT2D eigenvalue weighted by atomic mass is 10.0. The molecule has 1 aliphatic rings. The molecule has 2 aromatic rings. The van der Waals surface area contributed by atoms with Crippen molar-refractivity contribution in [3.05, 3.63) is 54.1 Å². The van der Waals surface area contributed by atoms with Crippen LogP contribution in [0.1, 0.15) is 11.5 Å². The number of carbonyl (C=O) groups excluding carboxylic acids is 1. The maximum absolute atomic E-state index is 12.6. The summed E-state index contributed by atoms with van der Waals surface area (Å²) in [5.41, 5.74) is 1.70. The van der Waals surface area contributed by atoms with Crippen LogP contribution in [0.3, 0.4) is 0 Å². The standard InChI is InChI=1S/C17H18N2O4S/c1-19(24(2,21)22)15-9-5-4-8-14(15)18-17(20)13-11-23-16-10-6-3-7-12(13)16/h3-10,13H,11H2,1-2H3,(H,18,20)/t13-/m1/s1.